The summed E-state index contributed by atoms with van der Waals surface area (Å²) in [5.41, 5.74) is 6.96. The van der Waals surface area contributed by atoms with Crippen molar-refractivity contribution in [2.24, 2.45) is 0 Å². The maximum absolute atomic E-state index is 5.46. The molecule has 3 nitrogen and oxygen atoms in total. The molecule has 3 heteroatoms. The van der Waals surface area contributed by atoms with Gasteiger partial charge in [0.25, 0.3) is 0 Å². The Bertz CT molecular complexity index is 829. The van der Waals surface area contributed by atoms with Crippen LogP contribution < -0.4 is 0 Å². The standard InChI is InChI=1S/C21H24N2O/c1-2-18-12-17(5-9-23(18)8-1)20-14-22-21-4-3-16(13-19(20)21)15-6-10-24-11-7-15/h3-4,6,12-14,18,22H,1-2,5,7-11H2/t18-/m0/s1. The number of hydrogen-bond donors (Lipinski definition) is 1. The van der Waals surface area contributed by atoms with E-state index < -0.39 is 0 Å². The van der Waals surface area contributed by atoms with E-state index >= 15 is 0 Å². The van der Waals surface area contributed by atoms with Crippen LogP contribution >= 0.6 is 0 Å². The minimum atomic E-state index is 0.667. The van der Waals surface area contributed by atoms with Crippen LogP contribution in [0.25, 0.3) is 22.0 Å². The SMILES string of the molecule is C1=C(c2ccc3[nH]cc(C4=C[C@@H]5CCCN5CC4)c3c2)CCOC1. The van der Waals surface area contributed by atoms with Gasteiger partial charge in [-0.3, -0.25) is 4.90 Å². The Morgan fingerprint density at radius 3 is 3.04 bits per heavy atom. The Hall–Kier alpha value is -1.84. The van der Waals surface area contributed by atoms with Gasteiger partial charge < -0.3 is 9.72 Å². The third-order valence-corrected chi connectivity index (χ3v) is 5.84. The molecule has 0 saturated carbocycles. The van der Waals surface area contributed by atoms with Crippen LogP contribution in [-0.2, 0) is 4.74 Å². The van der Waals surface area contributed by atoms with E-state index in [-0.39, 0.29) is 0 Å². The normalized spacial score (nSPS) is 24.8. The molecule has 1 aromatic carbocycles. The van der Waals surface area contributed by atoms with Crippen LogP contribution in [0.5, 0.6) is 0 Å². The summed E-state index contributed by atoms with van der Waals surface area (Å²) >= 11 is 0. The van der Waals surface area contributed by atoms with Gasteiger partial charge in [0, 0.05) is 35.2 Å². The van der Waals surface area contributed by atoms with Crippen molar-refractivity contribution >= 4 is 22.0 Å². The van der Waals surface area contributed by atoms with Crippen molar-refractivity contribution in [3.8, 4) is 0 Å². The van der Waals surface area contributed by atoms with Gasteiger partial charge in [0.1, 0.15) is 0 Å². The summed E-state index contributed by atoms with van der Waals surface area (Å²) in [5.74, 6) is 0. The molecule has 0 spiro atoms. The summed E-state index contributed by atoms with van der Waals surface area (Å²) in [6.45, 7) is 4.08. The van der Waals surface area contributed by atoms with E-state index in [0.29, 0.717) is 6.04 Å². The maximum Gasteiger partial charge on any atom is 0.0653 e. The second kappa shape index (κ2) is 5.91. The summed E-state index contributed by atoms with van der Waals surface area (Å²) in [7, 11) is 0. The minimum Gasteiger partial charge on any atom is -0.377 e. The van der Waals surface area contributed by atoms with Gasteiger partial charge in [0.05, 0.1) is 13.2 Å². The molecular formula is C21H24N2O. The smallest absolute Gasteiger partial charge is 0.0653 e. The molecule has 3 aliphatic rings. The van der Waals surface area contributed by atoms with Crippen molar-refractivity contribution in [3.63, 3.8) is 0 Å². The molecule has 24 heavy (non-hydrogen) atoms. The van der Waals surface area contributed by atoms with Crippen LogP contribution in [-0.4, -0.2) is 42.2 Å². The third-order valence-electron chi connectivity index (χ3n) is 5.84. The summed E-state index contributed by atoms with van der Waals surface area (Å²) in [4.78, 5) is 6.11. The fourth-order valence-corrected chi connectivity index (χ4v) is 4.50. The molecule has 124 valence electrons. The molecule has 0 aliphatic carbocycles. The molecule has 1 fully saturated rings. The van der Waals surface area contributed by atoms with Crippen LogP contribution in [0.3, 0.4) is 0 Å². The Labute approximate surface area is 143 Å². The van der Waals surface area contributed by atoms with Gasteiger partial charge in [0.15, 0.2) is 0 Å². The summed E-state index contributed by atoms with van der Waals surface area (Å²) in [5, 5.41) is 1.37. The third kappa shape index (κ3) is 2.43. The highest BCUT2D eigenvalue weighted by Crippen LogP contribution is 2.35. The number of rotatable bonds is 2. The molecule has 1 N–H and O–H groups in total. The van der Waals surface area contributed by atoms with Crippen LogP contribution in [0.15, 0.2) is 36.5 Å². The zero-order valence-corrected chi connectivity index (χ0v) is 14.1. The highest BCUT2D eigenvalue weighted by molar-refractivity contribution is 5.95. The highest BCUT2D eigenvalue weighted by atomic mass is 16.5. The van der Waals surface area contributed by atoms with E-state index in [4.69, 9.17) is 4.74 Å². The fourth-order valence-electron chi connectivity index (χ4n) is 4.50. The first-order valence-corrected chi connectivity index (χ1v) is 9.22. The van der Waals surface area contributed by atoms with Crippen molar-refractivity contribution in [2.75, 3.05) is 26.3 Å². The van der Waals surface area contributed by atoms with Gasteiger partial charge in [-0.15, -0.1) is 0 Å². The molecule has 0 radical (unpaired) electrons. The first kappa shape index (κ1) is 14.5. The number of aromatic amines is 1. The maximum atomic E-state index is 5.46. The number of nitrogens with zero attached hydrogens (tertiary/aromatic N) is 1. The van der Waals surface area contributed by atoms with Gasteiger partial charge in [-0.05, 0) is 61.1 Å². The second-order valence-electron chi connectivity index (χ2n) is 7.20. The van der Waals surface area contributed by atoms with E-state index in [1.54, 1.807) is 0 Å². The molecule has 3 aliphatic heterocycles. The lowest BCUT2D eigenvalue weighted by atomic mass is 9.93. The zero-order valence-electron chi connectivity index (χ0n) is 14.1. The summed E-state index contributed by atoms with van der Waals surface area (Å²) in [6, 6.07) is 7.52. The lowest BCUT2D eigenvalue weighted by Crippen LogP contribution is -2.32. The Kier molecular flexibility index (Phi) is 3.57. The highest BCUT2D eigenvalue weighted by Gasteiger charge is 2.27. The largest absolute Gasteiger partial charge is 0.377 e. The molecule has 4 heterocycles. The van der Waals surface area contributed by atoms with E-state index in [1.165, 1.54) is 65.5 Å². The fraction of sp³-hybridized carbons (Fsp3) is 0.429. The van der Waals surface area contributed by atoms with Crippen LogP contribution in [0.1, 0.15) is 36.8 Å². The molecule has 2 aromatic rings. The molecule has 1 saturated heterocycles. The summed E-state index contributed by atoms with van der Waals surface area (Å²) in [6.07, 6.45) is 11.8. The average Bonchev–Trinajstić information content (AvgIpc) is 3.27. The van der Waals surface area contributed by atoms with E-state index in [9.17, 15) is 0 Å². The molecule has 0 unspecified atom stereocenters. The molecule has 0 amide bonds. The van der Waals surface area contributed by atoms with Crippen molar-refractivity contribution in [3.05, 3.63) is 47.7 Å². The van der Waals surface area contributed by atoms with Crippen LogP contribution in [0.4, 0.5) is 0 Å². The van der Waals surface area contributed by atoms with E-state index in [1.807, 2.05) is 0 Å². The number of H-pyrrole nitrogens is 1. The van der Waals surface area contributed by atoms with Gasteiger partial charge in [0.2, 0.25) is 0 Å². The first-order valence-electron chi connectivity index (χ1n) is 9.22. The van der Waals surface area contributed by atoms with Gasteiger partial charge in [-0.1, -0.05) is 18.2 Å². The topological polar surface area (TPSA) is 28.3 Å². The number of aromatic nitrogens is 1. The minimum absolute atomic E-state index is 0.667. The summed E-state index contributed by atoms with van der Waals surface area (Å²) < 4.78 is 5.46. The lowest BCUT2D eigenvalue weighted by molar-refractivity contribution is 0.161. The molecule has 5 rings (SSSR count). The van der Waals surface area contributed by atoms with Gasteiger partial charge in [-0.25, -0.2) is 0 Å². The number of benzene rings is 1. The van der Waals surface area contributed by atoms with Gasteiger partial charge in [-0.2, -0.15) is 0 Å². The Balaban J connectivity index is 1.55. The number of nitrogens with one attached hydrogen (secondary N) is 1. The van der Waals surface area contributed by atoms with Crippen LogP contribution in [0, 0.1) is 0 Å². The van der Waals surface area contributed by atoms with Crippen molar-refractivity contribution in [1.82, 2.24) is 9.88 Å². The van der Waals surface area contributed by atoms with Crippen LogP contribution in [0.2, 0.25) is 0 Å². The number of fused-ring (bicyclic) bond motifs is 2. The predicted octanol–water partition coefficient (Wildman–Crippen LogP) is 4.22. The number of hydrogen-bond acceptors (Lipinski definition) is 2. The van der Waals surface area contributed by atoms with Gasteiger partial charge >= 0.3 is 0 Å². The Morgan fingerprint density at radius 1 is 1.12 bits per heavy atom. The van der Waals surface area contributed by atoms with E-state index in [0.717, 1.165) is 19.6 Å². The van der Waals surface area contributed by atoms with Crippen molar-refractivity contribution < 1.29 is 4.74 Å². The first-order chi connectivity index (χ1) is 11.9. The van der Waals surface area contributed by atoms with E-state index in [2.05, 4.69) is 46.4 Å². The molecule has 1 aromatic heterocycles. The molecular weight excluding hydrogens is 296 g/mol. The second-order valence-corrected chi connectivity index (χ2v) is 7.20. The Morgan fingerprint density at radius 2 is 2.12 bits per heavy atom. The molecule has 1 atom stereocenters. The van der Waals surface area contributed by atoms with Crippen molar-refractivity contribution in [2.45, 2.75) is 31.7 Å². The lowest BCUT2D eigenvalue weighted by Gasteiger charge is -2.28. The quantitative estimate of drug-likeness (QED) is 0.897. The van der Waals surface area contributed by atoms with Crippen molar-refractivity contribution in [1.29, 1.82) is 0 Å². The number of ether oxygens (including phenoxy) is 1. The monoisotopic (exact) mass is 320 g/mol. The average molecular weight is 320 g/mol. The predicted molar refractivity (Wildman–Crippen MR) is 98.9 cm³/mol. The zero-order chi connectivity index (χ0) is 15.9. The molecule has 0 bridgehead atoms.